The monoisotopic (exact) mass is 1430 g/mol. The summed E-state index contributed by atoms with van der Waals surface area (Å²) in [6, 6.07) is 8.15. The lowest BCUT2D eigenvalue weighted by atomic mass is 9.72. The Kier molecular flexibility index (Phi) is 23.5. The quantitative estimate of drug-likeness (QED) is 0.0142. The number of rotatable bonds is 36. The van der Waals surface area contributed by atoms with Crippen LogP contribution >= 0.6 is 0 Å². The molecule has 3 heterocycles. The molecule has 36 heteroatoms. The van der Waals surface area contributed by atoms with E-state index in [9.17, 15) is 84.3 Å². The minimum absolute atomic E-state index is 0.0173. The third-order valence-electron chi connectivity index (χ3n) is 16.4. The van der Waals surface area contributed by atoms with Gasteiger partial charge in [-0.1, -0.05) is 6.07 Å². The number of Topliss-reactive ketones (excluding diaryl/α,β-unsaturated/α-hetero) is 1. The Bertz CT molecular complexity index is 4420. The number of amides is 2. The van der Waals surface area contributed by atoms with Crippen LogP contribution in [0.2, 0.25) is 0 Å². The third kappa shape index (κ3) is 16.9. The van der Waals surface area contributed by atoms with E-state index in [1.165, 1.54) is 57.6 Å². The minimum Gasteiger partial charge on any atom is -0.744 e. The van der Waals surface area contributed by atoms with Crippen LogP contribution in [-0.2, 0) is 119 Å². The van der Waals surface area contributed by atoms with Crippen molar-refractivity contribution in [2.24, 2.45) is 0 Å². The van der Waals surface area contributed by atoms with E-state index in [0.29, 0.717) is 30.4 Å². The van der Waals surface area contributed by atoms with Crippen molar-refractivity contribution in [1.82, 2.24) is 5.06 Å². The van der Waals surface area contributed by atoms with Crippen molar-refractivity contribution in [2.45, 2.75) is 89.2 Å². The van der Waals surface area contributed by atoms with Gasteiger partial charge in [0, 0.05) is 86.5 Å². The van der Waals surface area contributed by atoms with Gasteiger partial charge in [0.05, 0.1) is 103 Å². The second kappa shape index (κ2) is 30.1. The molecule has 2 amide bonds. The minimum atomic E-state index is -5.53. The number of nitrogens with zero attached hydrogens (tertiary/aromatic N) is 3. The highest BCUT2D eigenvalue weighted by molar-refractivity contribution is 7.87. The lowest BCUT2D eigenvalue weighted by Gasteiger charge is -2.32. The van der Waals surface area contributed by atoms with Crippen molar-refractivity contribution < 1.29 is 132 Å². The molecule has 0 saturated carbocycles. The van der Waals surface area contributed by atoms with Crippen LogP contribution in [-0.4, -0.2) is 221 Å². The first-order valence-corrected chi connectivity index (χ1v) is 36.7. The zero-order valence-electron chi connectivity index (χ0n) is 51.8. The highest BCUT2D eigenvalue weighted by Gasteiger charge is 2.52. The molecular weight excluding hydrogens is 1360 g/mol. The zero-order valence-corrected chi connectivity index (χ0v) is 55.9. The predicted octanol–water partition coefficient (Wildman–Crippen LogP) is 3.80. The fraction of sp³-hybridized carbons (Fsp3) is 0.475. The Balaban J connectivity index is 1.31. The maximum Gasteiger partial charge on any atom is 0.333 e. The molecular formula is C59H71N3O28S5. The number of fused-ring (bicyclic) bond motifs is 6. The van der Waals surface area contributed by atoms with E-state index in [1.54, 1.807) is 16.4 Å². The number of anilines is 1. The molecule has 520 valence electrons. The van der Waals surface area contributed by atoms with Crippen LogP contribution in [0.1, 0.15) is 69.9 Å². The molecule has 31 nitrogen and oxygen atoms in total. The van der Waals surface area contributed by atoms with E-state index >= 15 is 4.79 Å². The first kappa shape index (κ1) is 74.2. The van der Waals surface area contributed by atoms with Crippen molar-refractivity contribution >= 4 is 113 Å². The molecule has 4 aliphatic rings. The summed E-state index contributed by atoms with van der Waals surface area (Å²) in [5.41, 5.74) is -3.41. The van der Waals surface area contributed by atoms with Gasteiger partial charge in [-0.15, -0.1) is 5.06 Å². The number of ketones is 1. The average Bonchev–Trinajstić information content (AvgIpc) is 1.58. The van der Waals surface area contributed by atoms with Crippen molar-refractivity contribution in [3.8, 4) is 0 Å². The average molecular weight is 1430 g/mol. The van der Waals surface area contributed by atoms with Gasteiger partial charge in [-0.05, 0) is 104 Å². The van der Waals surface area contributed by atoms with Crippen molar-refractivity contribution in [3.05, 3.63) is 94.4 Å². The van der Waals surface area contributed by atoms with E-state index in [2.05, 4.69) is 0 Å². The van der Waals surface area contributed by atoms with Gasteiger partial charge in [0.2, 0.25) is 11.5 Å². The Hall–Kier alpha value is -6.56. The third-order valence-corrected chi connectivity index (χ3v) is 20.7. The van der Waals surface area contributed by atoms with Gasteiger partial charge in [-0.2, -0.15) is 38.2 Å². The lowest BCUT2D eigenvalue weighted by molar-refractivity contribution is -0.442. The molecule has 0 aromatic heterocycles. The van der Waals surface area contributed by atoms with E-state index in [0.717, 1.165) is 12.1 Å². The normalized spacial score (nSPS) is 19.6. The van der Waals surface area contributed by atoms with Gasteiger partial charge in [0.25, 0.3) is 52.3 Å². The lowest BCUT2D eigenvalue weighted by Crippen LogP contribution is -2.35. The van der Waals surface area contributed by atoms with Crippen LogP contribution in [0.4, 0.5) is 11.4 Å². The van der Waals surface area contributed by atoms with Crippen molar-refractivity contribution in [3.63, 3.8) is 0 Å². The molecule has 1 aliphatic carbocycles. The Morgan fingerprint density at radius 3 is 1.65 bits per heavy atom. The fourth-order valence-corrected chi connectivity index (χ4v) is 15.2. The van der Waals surface area contributed by atoms with Gasteiger partial charge >= 0.3 is 5.97 Å². The van der Waals surface area contributed by atoms with Crippen LogP contribution in [0.25, 0.3) is 21.5 Å². The first-order valence-electron chi connectivity index (χ1n) is 29.4. The molecule has 3 aliphatic heterocycles. The van der Waals surface area contributed by atoms with Gasteiger partial charge in [-0.3, -0.25) is 32.6 Å². The maximum absolute atomic E-state index is 15.2. The Morgan fingerprint density at radius 1 is 0.611 bits per heavy atom. The fourth-order valence-electron chi connectivity index (χ4n) is 12.0. The molecule has 8 rings (SSSR count). The number of aliphatic hydroxyl groups excluding tert-OH is 1. The summed E-state index contributed by atoms with van der Waals surface area (Å²) >= 11 is 0. The number of carbonyl (C=O) groups excluding carboxylic acids is 4. The number of benzene rings is 4. The molecule has 2 atom stereocenters. The molecule has 5 N–H and O–H groups in total. The summed E-state index contributed by atoms with van der Waals surface area (Å²) in [7, 11) is -23.0. The first-order chi connectivity index (χ1) is 44.6. The molecule has 0 radical (unpaired) electrons. The molecule has 4 aromatic rings. The summed E-state index contributed by atoms with van der Waals surface area (Å²) in [6.07, 6.45) is 0.697. The number of ether oxygens (including phenoxy) is 7. The molecule has 1 saturated heterocycles. The standard InChI is InChI=1S/C59H71N3O28S5/c1-58(14-6-30-91(68,69)70)49(61(17-19-86-25-27-87-22-20-83-3)46-11-9-39-41(54(46)58)31-37(92(71,72)73)33-47(39)94(77,78)79)35-43-56(66)44(57(43)67)36-50-59(2,15-18-85-24-26-89-29-28-88-23-21-84-4)55-42-32-38(93(74,75)76)34-48(95(80,81)82)40(42)8-10-45(55)60(50)16-5-7-53(65)90-62-51(63)12-13-52(62)64/h8-11,31-36H,5-7,12-30H2,1-4H3,(H5-,66,67,68,69,70,71,72,73,74,75,76,77,78,79,80,81,82). The van der Waals surface area contributed by atoms with Gasteiger partial charge in [-0.25, -0.2) is 13.2 Å². The highest BCUT2D eigenvalue weighted by atomic mass is 32.2. The largest absolute Gasteiger partial charge is 0.744 e. The molecule has 1 fully saturated rings. The van der Waals surface area contributed by atoms with Crippen LogP contribution in [0.5, 0.6) is 0 Å². The summed E-state index contributed by atoms with van der Waals surface area (Å²) < 4.78 is 223. The highest BCUT2D eigenvalue weighted by Crippen LogP contribution is 2.55. The number of hydrogen-bond acceptors (Lipinski definition) is 25. The van der Waals surface area contributed by atoms with Gasteiger partial charge in [0.1, 0.15) is 27.4 Å². The van der Waals surface area contributed by atoms with E-state index in [4.69, 9.17) is 38.0 Å². The zero-order chi connectivity index (χ0) is 69.6. The molecule has 4 aromatic carbocycles. The number of hydrogen-bond donors (Lipinski definition) is 5. The second-order valence-electron chi connectivity index (χ2n) is 22.7. The maximum atomic E-state index is 15.2. The summed E-state index contributed by atoms with van der Waals surface area (Å²) in [5.74, 6) is -4.95. The van der Waals surface area contributed by atoms with Crippen molar-refractivity contribution in [2.75, 3.05) is 117 Å². The number of allylic oxidation sites excluding steroid dienone is 5. The Morgan fingerprint density at radius 2 is 1.13 bits per heavy atom. The summed E-state index contributed by atoms with van der Waals surface area (Å²) in [6.45, 7) is 4.24. The number of imide groups is 1. The van der Waals surface area contributed by atoms with Crippen LogP contribution in [0.3, 0.4) is 0 Å². The van der Waals surface area contributed by atoms with E-state index < -0.39 is 134 Å². The molecule has 0 spiro atoms. The van der Waals surface area contributed by atoms with Crippen LogP contribution in [0, 0.1) is 0 Å². The van der Waals surface area contributed by atoms with Crippen LogP contribution in [0.15, 0.2) is 103 Å². The smallest absolute Gasteiger partial charge is 0.333 e. The van der Waals surface area contributed by atoms with Crippen molar-refractivity contribution in [1.29, 1.82) is 0 Å². The molecule has 0 bridgehead atoms. The van der Waals surface area contributed by atoms with Crippen LogP contribution < -0.4 is 4.90 Å². The van der Waals surface area contributed by atoms with E-state index in [-0.39, 0.29) is 173 Å². The summed E-state index contributed by atoms with van der Waals surface area (Å²) in [5, 5.41) is 11.8. The van der Waals surface area contributed by atoms with Gasteiger partial charge in [0.15, 0.2) is 12.3 Å². The van der Waals surface area contributed by atoms with E-state index in [1.807, 2.05) is 0 Å². The number of carbonyl (C=O) groups is 4. The predicted molar refractivity (Wildman–Crippen MR) is 333 cm³/mol. The number of aliphatic hydroxyl groups is 1. The van der Waals surface area contributed by atoms with Gasteiger partial charge < -0.3 is 52.6 Å². The Labute approximate surface area is 547 Å². The second-order valence-corrected chi connectivity index (χ2v) is 29.9. The topological polar surface area (TPSA) is 447 Å². The number of methoxy groups -OCH3 is 2. The molecule has 95 heavy (non-hydrogen) atoms. The number of hydroxylamine groups is 2. The summed E-state index contributed by atoms with van der Waals surface area (Å²) in [4.78, 5) is 56.0. The SMILES string of the molecule is COCCOCCOCCOCCC1(C)/C(=C\C2=C(O)C(=C/C3=[N+](CCOCCOCCOC)c4ccc5c(S(=O)(=O)O)cc(S(=O)(=O)O)cc5c4C3(C)CCCS(=O)(=O)O)/C2=O)N(CCCC(=O)ON2C(=O)CCC2=O)c2ccc3c(S(=O)(=O)[O-])cc(S(=O)(=O)O)cc3c21. The molecule has 2 unspecified atom stereocenters.